The third-order valence-corrected chi connectivity index (χ3v) is 11.4. The van der Waals surface area contributed by atoms with E-state index in [2.05, 4.69) is 77.2 Å². The highest BCUT2D eigenvalue weighted by Crippen LogP contribution is 2.48. The van der Waals surface area contributed by atoms with Gasteiger partial charge in [-0.05, 0) is 65.4 Å². The average Bonchev–Trinajstić information content (AvgIpc) is 2.43. The third kappa shape index (κ3) is 4.19. The fourth-order valence-electron chi connectivity index (χ4n) is 3.30. The summed E-state index contributed by atoms with van der Waals surface area (Å²) in [4.78, 5) is 16.6. The summed E-state index contributed by atoms with van der Waals surface area (Å²) in [5.41, 5.74) is 4.13. The van der Waals surface area contributed by atoms with Crippen LogP contribution in [0.1, 0.15) is 81.4 Å². The van der Waals surface area contributed by atoms with Crippen molar-refractivity contribution in [3.63, 3.8) is 0 Å². The first-order chi connectivity index (χ1) is 11.3. The third-order valence-electron chi connectivity index (χ3n) is 5.77. The molecule has 25 heavy (non-hydrogen) atoms. The number of aldehydes is 1. The molecule has 1 heterocycles. The number of aromatic nitrogens is 1. The van der Waals surface area contributed by atoms with Crippen molar-refractivity contribution in [1.29, 1.82) is 0 Å². The molecule has 0 aromatic carbocycles. The molecule has 1 aliphatic rings. The van der Waals surface area contributed by atoms with Gasteiger partial charge in [-0.25, -0.2) is 0 Å². The summed E-state index contributed by atoms with van der Waals surface area (Å²) >= 11 is 2.34. The molecule has 1 aromatic heterocycles. The number of halogens is 1. The van der Waals surface area contributed by atoms with Crippen molar-refractivity contribution in [3.8, 4) is 0 Å². The molecule has 0 bridgehead atoms. The van der Waals surface area contributed by atoms with E-state index in [4.69, 9.17) is 9.41 Å². The fourth-order valence-corrected chi connectivity index (χ4v) is 5.66. The first-order valence-corrected chi connectivity index (χ1v) is 13.2. The Labute approximate surface area is 167 Å². The summed E-state index contributed by atoms with van der Waals surface area (Å²) < 4.78 is 7.89. The topological polar surface area (TPSA) is 39.2 Å². The van der Waals surface area contributed by atoms with Crippen molar-refractivity contribution in [2.45, 2.75) is 85.0 Å². The smallest absolute Gasteiger partial charge is 0.192 e. The van der Waals surface area contributed by atoms with Gasteiger partial charge >= 0.3 is 0 Å². The Balaban J connectivity index is 2.60. The Morgan fingerprint density at radius 2 is 1.96 bits per heavy atom. The van der Waals surface area contributed by atoms with Crippen molar-refractivity contribution in [3.05, 3.63) is 26.1 Å². The van der Waals surface area contributed by atoms with E-state index in [1.54, 1.807) is 0 Å². The number of pyridine rings is 1. The number of aryl methyl sites for hydroxylation is 1. The van der Waals surface area contributed by atoms with E-state index in [1.165, 1.54) is 5.56 Å². The van der Waals surface area contributed by atoms with E-state index < -0.39 is 8.32 Å². The van der Waals surface area contributed by atoms with Gasteiger partial charge in [-0.15, -0.1) is 0 Å². The van der Waals surface area contributed by atoms with Crippen molar-refractivity contribution in [2.24, 2.45) is 5.41 Å². The van der Waals surface area contributed by atoms with Gasteiger partial charge in [0.2, 0.25) is 0 Å². The van der Waals surface area contributed by atoms with Crippen LogP contribution in [-0.4, -0.2) is 19.6 Å². The van der Waals surface area contributed by atoms with Gasteiger partial charge in [-0.1, -0.05) is 41.5 Å². The van der Waals surface area contributed by atoms with Crippen LogP contribution in [0.3, 0.4) is 0 Å². The molecule has 3 nitrogen and oxygen atoms in total. The summed E-state index contributed by atoms with van der Waals surface area (Å²) in [7, 11) is -1.92. The molecule has 0 spiro atoms. The predicted molar refractivity (Wildman–Crippen MR) is 115 cm³/mol. The van der Waals surface area contributed by atoms with E-state index in [-0.39, 0.29) is 16.6 Å². The highest BCUT2D eigenvalue weighted by atomic mass is 127. The Kier molecular flexibility index (Phi) is 5.92. The van der Waals surface area contributed by atoms with E-state index in [0.29, 0.717) is 0 Å². The zero-order valence-electron chi connectivity index (χ0n) is 16.9. The van der Waals surface area contributed by atoms with Crippen molar-refractivity contribution >= 4 is 37.2 Å². The molecule has 0 aliphatic heterocycles. The Morgan fingerprint density at radius 1 is 1.36 bits per heavy atom. The maximum atomic E-state index is 11.7. The fraction of sp³-hybridized carbons (Fsp3) is 0.700. The molecule has 0 radical (unpaired) electrons. The van der Waals surface area contributed by atoms with Gasteiger partial charge in [0.05, 0.1) is 11.8 Å². The van der Waals surface area contributed by atoms with Gasteiger partial charge in [0.25, 0.3) is 0 Å². The SMILES string of the molecule is CCc1nc2c(c(I)c1C=O)C(O[Si](C)(C)C(C)(C)C)CC(C)(C)C2. The van der Waals surface area contributed by atoms with Gasteiger partial charge in [0.1, 0.15) is 0 Å². The quantitative estimate of drug-likeness (QED) is 0.302. The molecule has 0 saturated heterocycles. The number of fused-ring (bicyclic) bond motifs is 1. The lowest BCUT2D eigenvalue weighted by Crippen LogP contribution is -2.44. The second-order valence-corrected chi connectivity index (χ2v) is 15.4. The highest BCUT2D eigenvalue weighted by Gasteiger charge is 2.44. The average molecular weight is 473 g/mol. The Morgan fingerprint density at radius 3 is 2.44 bits per heavy atom. The van der Waals surface area contributed by atoms with Crippen LogP contribution in [-0.2, 0) is 17.3 Å². The van der Waals surface area contributed by atoms with Crippen molar-refractivity contribution in [2.75, 3.05) is 0 Å². The standard InChI is InChI=1S/C20H32INO2Si/c1-9-14-13(12-23)18(21)17-15(22-14)10-20(5,6)11-16(17)24-25(7,8)19(2,3)4/h12,16H,9-11H2,1-8H3. The van der Waals surface area contributed by atoms with Crippen LogP contribution in [0.2, 0.25) is 18.1 Å². The van der Waals surface area contributed by atoms with Gasteiger partial charge in [-0.3, -0.25) is 9.78 Å². The maximum Gasteiger partial charge on any atom is 0.192 e. The molecule has 0 fully saturated rings. The molecule has 1 unspecified atom stereocenters. The van der Waals surface area contributed by atoms with E-state index in [9.17, 15) is 4.79 Å². The summed E-state index contributed by atoms with van der Waals surface area (Å²) in [5, 5.41) is 0.157. The largest absolute Gasteiger partial charge is 0.410 e. The lowest BCUT2D eigenvalue weighted by atomic mass is 9.74. The molecular weight excluding hydrogens is 441 g/mol. The predicted octanol–water partition coefficient (Wildman–Crippen LogP) is 6.10. The summed E-state index contributed by atoms with van der Waals surface area (Å²) in [6.45, 7) is 18.1. The first kappa shape index (κ1) is 21.0. The second-order valence-electron chi connectivity index (χ2n) is 9.53. The molecule has 1 aromatic rings. The molecule has 0 amide bonds. The highest BCUT2D eigenvalue weighted by molar-refractivity contribution is 14.1. The normalized spacial score (nSPS) is 20.3. The van der Waals surface area contributed by atoms with Crippen LogP contribution >= 0.6 is 22.6 Å². The minimum atomic E-state index is -1.92. The molecular formula is C20H32INO2Si. The number of rotatable bonds is 4. The molecule has 0 saturated carbocycles. The number of hydrogen-bond donors (Lipinski definition) is 0. The molecule has 140 valence electrons. The lowest BCUT2D eigenvalue weighted by Gasteiger charge is -2.44. The summed E-state index contributed by atoms with van der Waals surface area (Å²) in [5.74, 6) is 0. The number of nitrogens with zero attached hydrogens (tertiary/aromatic N) is 1. The molecule has 1 atom stereocenters. The summed E-state index contributed by atoms with van der Waals surface area (Å²) in [6.07, 6.45) is 3.71. The second kappa shape index (κ2) is 7.04. The molecule has 5 heteroatoms. The maximum absolute atomic E-state index is 11.7. The van der Waals surface area contributed by atoms with Gasteiger partial charge in [0, 0.05) is 20.4 Å². The van der Waals surface area contributed by atoms with Gasteiger partial charge < -0.3 is 4.43 Å². The Hall–Kier alpha value is -0.273. The van der Waals surface area contributed by atoms with Crippen LogP contribution in [0.15, 0.2) is 0 Å². The Bertz CT molecular complexity index is 677. The minimum Gasteiger partial charge on any atom is -0.410 e. The van der Waals surface area contributed by atoms with Crippen LogP contribution < -0.4 is 0 Å². The number of carbonyl (C=O) groups is 1. The van der Waals surface area contributed by atoms with Crippen molar-refractivity contribution in [1.82, 2.24) is 4.98 Å². The van der Waals surface area contributed by atoms with E-state index in [0.717, 1.165) is 46.1 Å². The monoisotopic (exact) mass is 473 g/mol. The molecule has 0 N–H and O–H groups in total. The van der Waals surface area contributed by atoms with Gasteiger partial charge in [-0.2, -0.15) is 0 Å². The minimum absolute atomic E-state index is 0.0312. The van der Waals surface area contributed by atoms with Crippen LogP contribution in [0.4, 0.5) is 0 Å². The lowest BCUT2D eigenvalue weighted by molar-refractivity contribution is 0.104. The van der Waals surface area contributed by atoms with Crippen molar-refractivity contribution < 1.29 is 9.22 Å². The molecule has 2 rings (SSSR count). The van der Waals surface area contributed by atoms with E-state index in [1.807, 2.05) is 0 Å². The number of carbonyl (C=O) groups excluding carboxylic acids is 1. The van der Waals surface area contributed by atoms with Crippen LogP contribution in [0, 0.1) is 8.99 Å². The van der Waals surface area contributed by atoms with E-state index >= 15 is 0 Å². The van der Waals surface area contributed by atoms with Crippen LogP contribution in [0.25, 0.3) is 0 Å². The van der Waals surface area contributed by atoms with Crippen LogP contribution in [0.5, 0.6) is 0 Å². The first-order valence-electron chi connectivity index (χ1n) is 9.17. The number of hydrogen-bond acceptors (Lipinski definition) is 3. The van der Waals surface area contributed by atoms with Gasteiger partial charge in [0.15, 0.2) is 14.6 Å². The molecule has 1 aliphatic carbocycles. The summed E-state index contributed by atoms with van der Waals surface area (Å²) in [6, 6.07) is 0. The zero-order valence-corrected chi connectivity index (χ0v) is 20.1. The zero-order chi connectivity index (χ0) is 19.2.